The van der Waals surface area contributed by atoms with Crippen LogP contribution in [0.1, 0.15) is 12.5 Å². The Kier molecular flexibility index (Phi) is 6.45. The van der Waals surface area contributed by atoms with E-state index in [1.807, 2.05) is 35.8 Å². The average Bonchev–Trinajstić information content (AvgIpc) is 3.23. The molecule has 4 rings (SSSR count). The molecule has 33 heavy (non-hydrogen) atoms. The topological polar surface area (TPSA) is 72.7 Å². The molecule has 2 heterocycles. The van der Waals surface area contributed by atoms with Crippen molar-refractivity contribution in [2.45, 2.75) is 24.3 Å². The number of hydrogen-bond acceptors (Lipinski definition) is 5. The highest BCUT2D eigenvalue weighted by molar-refractivity contribution is 8.00. The fourth-order valence-corrected chi connectivity index (χ4v) is 3.99. The minimum absolute atomic E-state index is 0.435. The van der Waals surface area contributed by atoms with Crippen molar-refractivity contribution in [3.05, 3.63) is 83.9 Å². The number of amides is 1. The summed E-state index contributed by atoms with van der Waals surface area (Å²) >= 11 is 1.10. The highest BCUT2D eigenvalue weighted by Crippen LogP contribution is 2.31. The van der Waals surface area contributed by atoms with E-state index in [4.69, 9.17) is 0 Å². The summed E-state index contributed by atoms with van der Waals surface area (Å²) in [7, 11) is 0. The molecule has 2 aromatic carbocycles. The van der Waals surface area contributed by atoms with Crippen molar-refractivity contribution in [2.24, 2.45) is 0 Å². The molecule has 10 heteroatoms. The number of aryl methyl sites for hydroxylation is 1. The Morgan fingerprint density at radius 3 is 2.45 bits per heavy atom. The van der Waals surface area contributed by atoms with Crippen LogP contribution in [0, 0.1) is 24.4 Å². The van der Waals surface area contributed by atoms with Gasteiger partial charge in [0, 0.05) is 18.0 Å². The zero-order chi connectivity index (χ0) is 23.5. The predicted molar refractivity (Wildman–Crippen MR) is 120 cm³/mol. The van der Waals surface area contributed by atoms with E-state index in [1.165, 1.54) is 0 Å². The van der Waals surface area contributed by atoms with Crippen LogP contribution in [0.4, 0.5) is 18.9 Å². The third kappa shape index (κ3) is 4.61. The van der Waals surface area contributed by atoms with Gasteiger partial charge in [-0.3, -0.25) is 14.3 Å². The van der Waals surface area contributed by atoms with Crippen LogP contribution in [0.2, 0.25) is 0 Å². The molecule has 168 valence electrons. The smallest absolute Gasteiger partial charge is 0.237 e. The molecule has 1 amide bonds. The second-order valence-electron chi connectivity index (χ2n) is 7.14. The molecule has 0 aliphatic heterocycles. The van der Waals surface area contributed by atoms with Gasteiger partial charge in [0.15, 0.2) is 28.4 Å². The second kappa shape index (κ2) is 9.45. The van der Waals surface area contributed by atoms with Crippen LogP contribution in [0.3, 0.4) is 0 Å². The quantitative estimate of drug-likeness (QED) is 0.311. The van der Waals surface area contributed by atoms with Gasteiger partial charge in [-0.1, -0.05) is 30.0 Å². The fraction of sp³-hybridized carbons (Fsp3) is 0.130. The Morgan fingerprint density at radius 1 is 1.00 bits per heavy atom. The zero-order valence-corrected chi connectivity index (χ0v) is 18.4. The number of carbonyl (C=O) groups is 1. The molecule has 0 aliphatic rings. The number of anilines is 1. The molecule has 0 saturated carbocycles. The number of halogens is 3. The van der Waals surface area contributed by atoms with Crippen molar-refractivity contribution >= 4 is 23.4 Å². The van der Waals surface area contributed by atoms with Gasteiger partial charge in [-0.15, -0.1) is 10.2 Å². The molecule has 2 aromatic heterocycles. The van der Waals surface area contributed by atoms with Crippen LogP contribution >= 0.6 is 11.8 Å². The monoisotopic (exact) mass is 469 g/mol. The molecule has 0 saturated heterocycles. The number of carbonyl (C=O) groups excluding carboxylic acids is 1. The van der Waals surface area contributed by atoms with Crippen LogP contribution in [-0.2, 0) is 4.79 Å². The van der Waals surface area contributed by atoms with Crippen molar-refractivity contribution in [3.63, 3.8) is 0 Å². The highest BCUT2D eigenvalue weighted by Gasteiger charge is 2.24. The van der Waals surface area contributed by atoms with Gasteiger partial charge < -0.3 is 5.32 Å². The maximum absolute atomic E-state index is 14.0. The summed E-state index contributed by atoms with van der Waals surface area (Å²) in [4.78, 5) is 16.7. The summed E-state index contributed by atoms with van der Waals surface area (Å²) < 4.78 is 42.5. The molecular formula is C23H18F3N5OS. The van der Waals surface area contributed by atoms with E-state index < -0.39 is 34.3 Å². The molecule has 0 spiro atoms. The van der Waals surface area contributed by atoms with E-state index >= 15 is 0 Å². The van der Waals surface area contributed by atoms with Gasteiger partial charge in [-0.25, -0.2) is 13.2 Å². The van der Waals surface area contributed by atoms with Gasteiger partial charge in [0.2, 0.25) is 5.91 Å². The van der Waals surface area contributed by atoms with Crippen LogP contribution in [0.15, 0.2) is 66.1 Å². The minimum Gasteiger partial charge on any atom is -0.323 e. The van der Waals surface area contributed by atoms with Gasteiger partial charge in [0.1, 0.15) is 0 Å². The Morgan fingerprint density at radius 2 is 1.73 bits per heavy atom. The van der Waals surface area contributed by atoms with Crippen molar-refractivity contribution in [1.29, 1.82) is 0 Å². The van der Waals surface area contributed by atoms with E-state index in [1.54, 1.807) is 31.5 Å². The molecule has 0 bridgehead atoms. The summed E-state index contributed by atoms with van der Waals surface area (Å²) in [5.74, 6) is -4.47. The summed E-state index contributed by atoms with van der Waals surface area (Å²) in [5.41, 5.74) is 2.14. The second-order valence-corrected chi connectivity index (χ2v) is 8.44. The molecule has 0 radical (unpaired) electrons. The number of nitrogens with zero attached hydrogens (tertiary/aromatic N) is 4. The number of para-hydroxylation sites is 1. The first-order chi connectivity index (χ1) is 15.9. The third-order valence-corrected chi connectivity index (χ3v) is 5.92. The lowest BCUT2D eigenvalue weighted by atomic mass is 10.2. The first-order valence-electron chi connectivity index (χ1n) is 9.89. The summed E-state index contributed by atoms with van der Waals surface area (Å²) in [6, 6.07) is 13.0. The molecule has 1 atom stereocenters. The largest absolute Gasteiger partial charge is 0.323 e. The van der Waals surface area contributed by atoms with E-state index in [0.717, 1.165) is 40.7 Å². The normalized spacial score (nSPS) is 11.9. The summed E-state index contributed by atoms with van der Waals surface area (Å²) in [6.45, 7) is 3.54. The Bertz CT molecular complexity index is 1310. The van der Waals surface area contributed by atoms with E-state index in [0.29, 0.717) is 11.0 Å². The van der Waals surface area contributed by atoms with Crippen molar-refractivity contribution in [1.82, 2.24) is 19.7 Å². The number of hydrogen-bond donors (Lipinski definition) is 1. The van der Waals surface area contributed by atoms with Gasteiger partial charge in [0.25, 0.3) is 0 Å². The van der Waals surface area contributed by atoms with Crippen molar-refractivity contribution < 1.29 is 18.0 Å². The SMILES string of the molecule is Cc1ccccc1-n1c(S[C@@H](C)C(=O)Nc2ccc(F)c(F)c2F)nnc1-c1ccncc1. The number of nitrogens with one attached hydrogen (secondary N) is 1. The zero-order valence-electron chi connectivity index (χ0n) is 17.6. The molecule has 6 nitrogen and oxygen atoms in total. The van der Waals surface area contributed by atoms with Crippen molar-refractivity contribution in [3.8, 4) is 17.1 Å². The van der Waals surface area contributed by atoms with Gasteiger partial charge in [-0.05, 0) is 49.7 Å². The predicted octanol–water partition coefficient (Wildman–Crippen LogP) is 5.17. The molecule has 0 fully saturated rings. The van der Waals surface area contributed by atoms with Crippen LogP contribution < -0.4 is 5.32 Å². The standard InChI is InChI=1S/C23H18F3N5OS/c1-13-5-3-4-6-18(13)31-21(15-9-11-27-12-10-15)29-30-23(31)33-14(2)22(32)28-17-8-7-16(24)19(25)20(17)26/h3-12,14H,1-2H3,(H,28,32)/t14-/m0/s1. The lowest BCUT2D eigenvalue weighted by molar-refractivity contribution is -0.115. The summed E-state index contributed by atoms with van der Waals surface area (Å²) in [5, 5.41) is 10.6. The van der Waals surface area contributed by atoms with E-state index in [9.17, 15) is 18.0 Å². The molecule has 1 N–H and O–H groups in total. The lowest BCUT2D eigenvalue weighted by Crippen LogP contribution is -2.23. The number of aromatic nitrogens is 4. The number of thioether (sulfide) groups is 1. The minimum atomic E-state index is -1.64. The molecule has 0 aliphatic carbocycles. The Balaban J connectivity index is 1.65. The third-order valence-electron chi connectivity index (χ3n) is 4.87. The van der Waals surface area contributed by atoms with Crippen LogP contribution in [-0.4, -0.2) is 30.9 Å². The maximum Gasteiger partial charge on any atom is 0.237 e. The molecule has 0 unspecified atom stereocenters. The molecule has 4 aromatic rings. The van der Waals surface area contributed by atoms with Gasteiger partial charge in [0.05, 0.1) is 16.6 Å². The fourth-order valence-electron chi connectivity index (χ4n) is 3.13. The first-order valence-corrected chi connectivity index (χ1v) is 10.8. The van der Waals surface area contributed by atoms with E-state index in [-0.39, 0.29) is 0 Å². The number of benzene rings is 2. The van der Waals surface area contributed by atoms with Crippen molar-refractivity contribution in [2.75, 3.05) is 5.32 Å². The van der Waals surface area contributed by atoms with E-state index in [2.05, 4.69) is 20.5 Å². The Labute approximate surface area is 191 Å². The highest BCUT2D eigenvalue weighted by atomic mass is 32.2. The Hall–Kier alpha value is -3.66. The maximum atomic E-state index is 14.0. The molecular weight excluding hydrogens is 451 g/mol. The van der Waals surface area contributed by atoms with Gasteiger partial charge in [-0.2, -0.15) is 0 Å². The van der Waals surface area contributed by atoms with Gasteiger partial charge >= 0.3 is 0 Å². The number of pyridine rings is 1. The average molecular weight is 469 g/mol. The number of rotatable bonds is 6. The summed E-state index contributed by atoms with van der Waals surface area (Å²) in [6.07, 6.45) is 3.29. The first kappa shape index (κ1) is 22.5. The lowest BCUT2D eigenvalue weighted by Gasteiger charge is -2.15. The van der Waals surface area contributed by atoms with Crippen LogP contribution in [0.25, 0.3) is 17.1 Å². The van der Waals surface area contributed by atoms with Crippen LogP contribution in [0.5, 0.6) is 0 Å².